The quantitative estimate of drug-likeness (QED) is 0.738. The van der Waals surface area contributed by atoms with Crippen molar-refractivity contribution in [1.29, 1.82) is 0 Å². The van der Waals surface area contributed by atoms with E-state index in [-0.39, 0.29) is 17.3 Å². The molecule has 1 N–H and O–H groups in total. The van der Waals surface area contributed by atoms with Crippen LogP contribution >= 0.6 is 0 Å². The molecule has 0 bridgehead atoms. The van der Waals surface area contributed by atoms with Gasteiger partial charge in [0.15, 0.2) is 0 Å². The van der Waals surface area contributed by atoms with E-state index in [4.69, 9.17) is 4.74 Å². The van der Waals surface area contributed by atoms with Crippen molar-refractivity contribution in [3.63, 3.8) is 0 Å². The van der Waals surface area contributed by atoms with Crippen LogP contribution in [0.25, 0.3) is 0 Å². The van der Waals surface area contributed by atoms with Crippen molar-refractivity contribution in [3.05, 3.63) is 69.9 Å². The molecule has 6 nitrogen and oxygen atoms in total. The lowest BCUT2D eigenvalue weighted by Crippen LogP contribution is -2.42. The van der Waals surface area contributed by atoms with Crippen LogP contribution in [0.3, 0.4) is 0 Å². The van der Waals surface area contributed by atoms with Gasteiger partial charge in [-0.1, -0.05) is 18.2 Å². The summed E-state index contributed by atoms with van der Waals surface area (Å²) in [5, 5.41) is 0. The first-order valence-electron chi connectivity index (χ1n) is 9.99. The molecule has 7 heteroatoms. The Hall–Kier alpha value is -2.51. The summed E-state index contributed by atoms with van der Waals surface area (Å²) in [5.74, 6) is 0.120. The maximum absolute atomic E-state index is 13.9. The molecule has 1 fully saturated rings. The number of hydrogen-bond acceptors (Lipinski definition) is 4. The van der Waals surface area contributed by atoms with Gasteiger partial charge in [0.05, 0.1) is 12.2 Å². The summed E-state index contributed by atoms with van der Waals surface area (Å²) in [7, 11) is 1.61. The highest BCUT2D eigenvalue weighted by Gasteiger charge is 2.24. The van der Waals surface area contributed by atoms with Crippen molar-refractivity contribution < 1.29 is 13.9 Å². The maximum Gasteiger partial charge on any atom is 0.255 e. The number of ether oxygens (including phenoxy) is 1. The number of pyridine rings is 1. The third-order valence-corrected chi connectivity index (χ3v) is 5.42. The average Bonchev–Trinajstić information content (AvgIpc) is 2.74. The second-order valence-corrected chi connectivity index (χ2v) is 7.50. The minimum absolute atomic E-state index is 0.105. The Balaban J connectivity index is 1.56. The topological polar surface area (TPSA) is 65.6 Å². The molecule has 1 amide bonds. The Morgan fingerprint density at radius 2 is 2.00 bits per heavy atom. The van der Waals surface area contributed by atoms with Gasteiger partial charge >= 0.3 is 0 Å². The number of aromatic amines is 1. The Labute approximate surface area is 170 Å². The number of rotatable bonds is 8. The number of nitrogens with zero attached hydrogens (tertiary/aromatic N) is 2. The summed E-state index contributed by atoms with van der Waals surface area (Å²) in [6, 6.07) is 9.82. The summed E-state index contributed by atoms with van der Waals surface area (Å²) in [6.07, 6.45) is 3.37. The summed E-state index contributed by atoms with van der Waals surface area (Å²) >= 11 is 0. The van der Waals surface area contributed by atoms with E-state index in [0.29, 0.717) is 37.7 Å². The van der Waals surface area contributed by atoms with Gasteiger partial charge in [0, 0.05) is 44.6 Å². The molecule has 1 aliphatic heterocycles. The van der Waals surface area contributed by atoms with Gasteiger partial charge in [0.2, 0.25) is 5.56 Å². The number of methoxy groups -OCH3 is 1. The molecular formula is C22H28FN3O3. The van der Waals surface area contributed by atoms with Crippen molar-refractivity contribution in [3.8, 4) is 0 Å². The molecule has 1 aliphatic rings. The van der Waals surface area contributed by atoms with Crippen LogP contribution in [0.2, 0.25) is 0 Å². The number of hydrogen-bond donors (Lipinski definition) is 1. The highest BCUT2D eigenvalue weighted by molar-refractivity contribution is 5.93. The van der Waals surface area contributed by atoms with Crippen molar-refractivity contribution in [1.82, 2.24) is 14.8 Å². The zero-order chi connectivity index (χ0) is 20.6. The number of carbonyl (C=O) groups is 1. The van der Waals surface area contributed by atoms with E-state index in [1.807, 2.05) is 12.1 Å². The second-order valence-electron chi connectivity index (χ2n) is 7.50. The first-order valence-corrected chi connectivity index (χ1v) is 9.99. The Morgan fingerprint density at radius 3 is 2.66 bits per heavy atom. The van der Waals surface area contributed by atoms with Crippen LogP contribution in [0.1, 0.15) is 28.8 Å². The van der Waals surface area contributed by atoms with Gasteiger partial charge in [-0.3, -0.25) is 14.5 Å². The van der Waals surface area contributed by atoms with E-state index in [0.717, 1.165) is 31.5 Å². The maximum atomic E-state index is 13.9. The molecule has 1 saturated heterocycles. The molecular weight excluding hydrogens is 373 g/mol. The number of H-pyrrole nitrogens is 1. The van der Waals surface area contributed by atoms with E-state index >= 15 is 0 Å². The predicted octanol–water partition coefficient (Wildman–Crippen LogP) is 2.51. The van der Waals surface area contributed by atoms with Crippen molar-refractivity contribution in [2.75, 3.05) is 39.9 Å². The molecule has 1 aromatic heterocycles. The summed E-state index contributed by atoms with van der Waals surface area (Å²) < 4.78 is 19.0. The first kappa shape index (κ1) is 21.2. The standard InChI is InChI=1S/C22H28FN3O3/c1-29-13-12-26(22(28)18-6-7-21(27)24-14-18)15-17-8-10-25(11-9-17)16-19-4-2-3-5-20(19)23/h2-7,14,17H,8-13,15-16H2,1H3,(H,24,27). The normalized spacial score (nSPS) is 15.4. The van der Waals surface area contributed by atoms with Gasteiger partial charge in [0.1, 0.15) is 5.82 Å². The average molecular weight is 401 g/mol. The summed E-state index contributed by atoms with van der Waals surface area (Å²) in [4.78, 5) is 30.8. The SMILES string of the molecule is COCCN(CC1CCN(Cc2ccccc2F)CC1)C(=O)c1ccc(=O)[nH]c1. The number of piperidine rings is 1. The number of likely N-dealkylation sites (tertiary alicyclic amines) is 1. The summed E-state index contributed by atoms with van der Waals surface area (Å²) in [5.41, 5.74) is 0.964. The molecule has 0 aliphatic carbocycles. The molecule has 0 unspecified atom stereocenters. The van der Waals surface area contributed by atoms with Crippen LogP contribution in [0.5, 0.6) is 0 Å². The van der Waals surface area contributed by atoms with E-state index in [9.17, 15) is 14.0 Å². The van der Waals surface area contributed by atoms with E-state index in [1.54, 1.807) is 24.1 Å². The number of halogens is 1. The first-order chi connectivity index (χ1) is 14.1. The van der Waals surface area contributed by atoms with Gasteiger partial charge < -0.3 is 14.6 Å². The van der Waals surface area contributed by atoms with Crippen LogP contribution < -0.4 is 5.56 Å². The largest absolute Gasteiger partial charge is 0.383 e. The molecule has 1 aromatic carbocycles. The highest BCUT2D eigenvalue weighted by Crippen LogP contribution is 2.21. The Kier molecular flexibility index (Phi) is 7.55. The number of aromatic nitrogens is 1. The van der Waals surface area contributed by atoms with E-state index in [1.165, 1.54) is 18.3 Å². The minimum atomic E-state index is -0.229. The molecule has 0 atom stereocenters. The third kappa shape index (κ3) is 5.98. The number of nitrogens with one attached hydrogen (secondary N) is 1. The molecule has 2 heterocycles. The molecule has 29 heavy (non-hydrogen) atoms. The Bertz CT molecular complexity index is 842. The van der Waals surface area contributed by atoms with Gasteiger partial charge in [0.25, 0.3) is 5.91 Å². The monoisotopic (exact) mass is 401 g/mol. The smallest absolute Gasteiger partial charge is 0.255 e. The van der Waals surface area contributed by atoms with Crippen LogP contribution in [0, 0.1) is 11.7 Å². The zero-order valence-corrected chi connectivity index (χ0v) is 16.8. The van der Waals surface area contributed by atoms with Gasteiger partial charge in [-0.05, 0) is 44.0 Å². The number of benzene rings is 1. The lowest BCUT2D eigenvalue weighted by molar-refractivity contribution is 0.0616. The fourth-order valence-electron chi connectivity index (χ4n) is 3.71. The lowest BCUT2D eigenvalue weighted by atomic mass is 9.95. The predicted molar refractivity (Wildman–Crippen MR) is 109 cm³/mol. The fraction of sp³-hybridized carbons (Fsp3) is 0.455. The second kappa shape index (κ2) is 10.3. The number of carbonyl (C=O) groups excluding carboxylic acids is 1. The van der Waals surface area contributed by atoms with E-state index < -0.39 is 0 Å². The Morgan fingerprint density at radius 1 is 1.24 bits per heavy atom. The molecule has 0 spiro atoms. The molecule has 2 aromatic rings. The van der Waals surface area contributed by atoms with Crippen LogP contribution in [0.15, 0.2) is 47.4 Å². The van der Waals surface area contributed by atoms with Crippen molar-refractivity contribution in [2.24, 2.45) is 5.92 Å². The third-order valence-electron chi connectivity index (χ3n) is 5.42. The van der Waals surface area contributed by atoms with Crippen LogP contribution in [0.4, 0.5) is 4.39 Å². The van der Waals surface area contributed by atoms with Crippen molar-refractivity contribution >= 4 is 5.91 Å². The zero-order valence-electron chi connectivity index (χ0n) is 16.8. The fourth-order valence-corrected chi connectivity index (χ4v) is 3.71. The molecule has 0 saturated carbocycles. The minimum Gasteiger partial charge on any atom is -0.383 e. The van der Waals surface area contributed by atoms with Gasteiger partial charge in [-0.2, -0.15) is 0 Å². The summed E-state index contributed by atoms with van der Waals surface area (Å²) in [6.45, 7) is 3.98. The van der Waals surface area contributed by atoms with E-state index in [2.05, 4.69) is 9.88 Å². The molecule has 156 valence electrons. The lowest BCUT2D eigenvalue weighted by Gasteiger charge is -2.35. The van der Waals surface area contributed by atoms with Crippen LogP contribution in [-0.4, -0.2) is 60.6 Å². The molecule has 3 rings (SSSR count). The van der Waals surface area contributed by atoms with Gasteiger partial charge in [-0.15, -0.1) is 0 Å². The van der Waals surface area contributed by atoms with Crippen molar-refractivity contribution in [2.45, 2.75) is 19.4 Å². The molecule has 0 radical (unpaired) electrons. The van der Waals surface area contributed by atoms with Gasteiger partial charge in [-0.25, -0.2) is 4.39 Å². The highest BCUT2D eigenvalue weighted by atomic mass is 19.1. The van der Waals surface area contributed by atoms with Crippen LogP contribution in [-0.2, 0) is 11.3 Å². The number of amides is 1.